The molecule has 1 unspecified atom stereocenters. The molecule has 186 valence electrons. The van der Waals surface area contributed by atoms with Gasteiger partial charge in [0.25, 0.3) is 0 Å². The van der Waals surface area contributed by atoms with Gasteiger partial charge in [-0.15, -0.1) is 0 Å². The molecule has 0 aliphatic carbocycles. The number of aryl methyl sites for hydroxylation is 1. The Morgan fingerprint density at radius 1 is 1.18 bits per heavy atom. The second-order valence-corrected chi connectivity index (χ2v) is 14.6. The van der Waals surface area contributed by atoms with Crippen LogP contribution in [0.4, 0.5) is 10.6 Å². The number of fused-ring (bicyclic) bond motifs is 3. The lowest BCUT2D eigenvalue weighted by molar-refractivity contribution is 0.0191. The fraction of sp³-hybridized carbons (Fsp3) is 0.769. The molecule has 0 N–H and O–H groups in total. The van der Waals surface area contributed by atoms with E-state index in [0.717, 1.165) is 17.9 Å². The molecular formula is C26H45N3O3Si. The Labute approximate surface area is 202 Å². The Balaban J connectivity index is 1.93. The van der Waals surface area contributed by atoms with E-state index in [0.29, 0.717) is 19.0 Å². The van der Waals surface area contributed by atoms with Gasteiger partial charge in [-0.1, -0.05) is 27.7 Å². The maximum Gasteiger partial charge on any atom is 0.410 e. The van der Waals surface area contributed by atoms with Crippen molar-refractivity contribution in [1.82, 2.24) is 9.88 Å². The number of ether oxygens (including phenoxy) is 1. The summed E-state index contributed by atoms with van der Waals surface area (Å²) in [6.45, 7) is 25.1. The van der Waals surface area contributed by atoms with Crippen LogP contribution in [0.1, 0.15) is 78.3 Å². The summed E-state index contributed by atoms with van der Waals surface area (Å²) in [5.41, 5.74) is 3.13. The van der Waals surface area contributed by atoms with Crippen LogP contribution < -0.4 is 4.90 Å². The predicted octanol–water partition coefficient (Wildman–Crippen LogP) is 5.48. The van der Waals surface area contributed by atoms with Crippen LogP contribution in [0.15, 0.2) is 6.07 Å². The van der Waals surface area contributed by atoms with E-state index < -0.39 is 14.6 Å². The van der Waals surface area contributed by atoms with E-state index in [1.807, 2.05) is 25.7 Å². The van der Waals surface area contributed by atoms with Gasteiger partial charge in [0.15, 0.2) is 9.04 Å². The highest BCUT2D eigenvalue weighted by Crippen LogP contribution is 2.45. The summed E-state index contributed by atoms with van der Waals surface area (Å²) >= 11 is 0. The molecule has 1 amide bonds. The first kappa shape index (κ1) is 26.0. The highest BCUT2D eigenvalue weighted by atomic mass is 28.3. The minimum absolute atomic E-state index is 0.0226. The number of hydrogen-bond acceptors (Lipinski definition) is 5. The molecule has 6 nitrogen and oxygen atoms in total. The smallest absolute Gasteiger partial charge is 0.410 e. The highest BCUT2D eigenvalue weighted by Gasteiger charge is 2.43. The average Bonchev–Trinajstić information content (AvgIpc) is 3.04. The summed E-state index contributed by atoms with van der Waals surface area (Å²) in [5, 5.41) is 0. The van der Waals surface area contributed by atoms with Crippen molar-refractivity contribution >= 4 is 21.0 Å². The van der Waals surface area contributed by atoms with Crippen molar-refractivity contribution in [3.8, 4) is 0 Å². The van der Waals surface area contributed by atoms with Gasteiger partial charge in [-0.05, 0) is 82.7 Å². The number of rotatable bonds is 5. The van der Waals surface area contributed by atoms with Crippen LogP contribution in [0.25, 0.3) is 0 Å². The average molecular weight is 476 g/mol. The topological polar surface area (TPSA) is 54.9 Å². The largest absolute Gasteiger partial charge is 0.444 e. The van der Waals surface area contributed by atoms with E-state index in [9.17, 15) is 4.79 Å². The highest BCUT2D eigenvalue weighted by molar-refractivity contribution is 6.48. The summed E-state index contributed by atoms with van der Waals surface area (Å²) in [7, 11) is -1.27. The van der Waals surface area contributed by atoms with Crippen molar-refractivity contribution in [2.24, 2.45) is 11.3 Å². The molecule has 2 aliphatic rings. The monoisotopic (exact) mass is 475 g/mol. The summed E-state index contributed by atoms with van der Waals surface area (Å²) in [5.74, 6) is 1.56. The molecule has 1 aromatic rings. The standard InChI is InChI=1S/C26H45N3O3Si/c1-16(2)26(8,9)22(32-33(10)11)21-12-17(3)20-13-19-15-28(24(30)31-25(5,6)7)14-18(4)29(19)23(20)27-21/h12,16,18-19,22,33H,13-15H2,1-11H3/t18-,19-,22?/m1/s1. The molecule has 1 fully saturated rings. The van der Waals surface area contributed by atoms with E-state index in [4.69, 9.17) is 14.1 Å². The van der Waals surface area contributed by atoms with Gasteiger partial charge in [0, 0.05) is 19.1 Å². The zero-order chi connectivity index (χ0) is 24.9. The Kier molecular flexibility index (Phi) is 7.26. The number of pyridine rings is 1. The summed E-state index contributed by atoms with van der Waals surface area (Å²) in [6.07, 6.45) is 0.672. The molecule has 0 radical (unpaired) electrons. The molecule has 0 spiro atoms. The Morgan fingerprint density at radius 3 is 2.36 bits per heavy atom. The fourth-order valence-electron chi connectivity index (χ4n) is 4.95. The molecule has 1 aromatic heterocycles. The molecule has 0 saturated carbocycles. The number of piperazine rings is 1. The fourth-order valence-corrected chi connectivity index (χ4v) is 5.98. The molecule has 3 heterocycles. The summed E-state index contributed by atoms with van der Waals surface area (Å²) in [4.78, 5) is 22.3. The summed E-state index contributed by atoms with van der Waals surface area (Å²) in [6, 6.07) is 2.66. The zero-order valence-corrected chi connectivity index (χ0v) is 23.8. The Hall–Kier alpha value is -1.60. The first-order chi connectivity index (χ1) is 15.1. The second kappa shape index (κ2) is 9.21. The van der Waals surface area contributed by atoms with Crippen LogP contribution in [-0.2, 0) is 15.6 Å². The van der Waals surface area contributed by atoms with Crippen molar-refractivity contribution in [2.75, 3.05) is 18.0 Å². The van der Waals surface area contributed by atoms with E-state index in [1.54, 1.807) is 0 Å². The molecule has 3 atom stereocenters. The van der Waals surface area contributed by atoms with Gasteiger partial charge in [0.1, 0.15) is 11.4 Å². The van der Waals surface area contributed by atoms with Gasteiger partial charge < -0.3 is 19.0 Å². The van der Waals surface area contributed by atoms with E-state index in [1.165, 1.54) is 11.1 Å². The van der Waals surface area contributed by atoms with Gasteiger partial charge in [0.05, 0.1) is 17.8 Å². The molecule has 7 heteroatoms. The SMILES string of the molecule is Cc1cc(C(O[SiH](C)C)C(C)(C)C(C)C)nc2c1C[C@@H]1CN(C(=O)OC(C)(C)C)C[C@@H](C)N21. The minimum atomic E-state index is -1.27. The number of nitrogens with zero attached hydrogens (tertiary/aromatic N) is 3. The second-order valence-electron chi connectivity index (χ2n) is 12.2. The van der Waals surface area contributed by atoms with E-state index >= 15 is 0 Å². The lowest BCUT2D eigenvalue weighted by atomic mass is 9.75. The number of aromatic nitrogens is 1. The predicted molar refractivity (Wildman–Crippen MR) is 138 cm³/mol. The van der Waals surface area contributed by atoms with Crippen molar-refractivity contribution in [3.05, 3.63) is 22.9 Å². The van der Waals surface area contributed by atoms with E-state index in [-0.39, 0.29) is 29.7 Å². The lowest BCUT2D eigenvalue weighted by Gasteiger charge is -2.43. The zero-order valence-electron chi connectivity index (χ0n) is 22.7. The van der Waals surface area contributed by atoms with Gasteiger partial charge in [0.2, 0.25) is 0 Å². The van der Waals surface area contributed by atoms with Gasteiger partial charge in [-0.2, -0.15) is 0 Å². The van der Waals surface area contributed by atoms with Gasteiger partial charge >= 0.3 is 6.09 Å². The first-order valence-corrected chi connectivity index (χ1v) is 15.3. The molecule has 3 rings (SSSR count). The normalized spacial score (nSPS) is 22.0. The minimum Gasteiger partial charge on any atom is -0.444 e. The summed E-state index contributed by atoms with van der Waals surface area (Å²) < 4.78 is 12.3. The van der Waals surface area contributed by atoms with Crippen LogP contribution in [0.2, 0.25) is 13.1 Å². The quantitative estimate of drug-likeness (QED) is 0.528. The third-order valence-corrected chi connectivity index (χ3v) is 8.12. The van der Waals surface area contributed by atoms with Crippen LogP contribution in [0.3, 0.4) is 0 Å². The van der Waals surface area contributed by atoms with Crippen molar-refractivity contribution < 1.29 is 14.0 Å². The third kappa shape index (κ3) is 5.40. The van der Waals surface area contributed by atoms with Crippen LogP contribution >= 0.6 is 0 Å². The van der Waals surface area contributed by atoms with E-state index in [2.05, 4.69) is 65.6 Å². The first-order valence-electron chi connectivity index (χ1n) is 12.5. The lowest BCUT2D eigenvalue weighted by Crippen LogP contribution is -2.58. The third-order valence-electron chi connectivity index (χ3n) is 7.31. The number of hydrogen-bond donors (Lipinski definition) is 0. The van der Waals surface area contributed by atoms with Crippen molar-refractivity contribution in [2.45, 2.75) is 106 Å². The van der Waals surface area contributed by atoms with Gasteiger partial charge in [-0.3, -0.25) is 0 Å². The van der Waals surface area contributed by atoms with Crippen LogP contribution in [0, 0.1) is 18.3 Å². The van der Waals surface area contributed by atoms with Crippen molar-refractivity contribution in [3.63, 3.8) is 0 Å². The molecule has 0 bridgehead atoms. The molecule has 2 aliphatic heterocycles. The molecule has 0 aromatic carbocycles. The Morgan fingerprint density at radius 2 is 1.82 bits per heavy atom. The van der Waals surface area contributed by atoms with Crippen LogP contribution in [-0.4, -0.2) is 55.8 Å². The maximum absolute atomic E-state index is 12.8. The number of amides is 1. The number of anilines is 1. The number of carbonyl (C=O) groups excluding carboxylic acids is 1. The van der Waals surface area contributed by atoms with Gasteiger partial charge in [-0.25, -0.2) is 9.78 Å². The maximum atomic E-state index is 12.8. The van der Waals surface area contributed by atoms with Crippen LogP contribution in [0.5, 0.6) is 0 Å². The molecule has 33 heavy (non-hydrogen) atoms. The van der Waals surface area contributed by atoms with Crippen molar-refractivity contribution in [1.29, 1.82) is 0 Å². The Bertz CT molecular complexity index is 878. The molecule has 1 saturated heterocycles. The molecular weight excluding hydrogens is 430 g/mol. The number of carbonyl (C=O) groups is 1.